The standard InChI is InChI=1S/C16H20N2O.C2H6/c1-13-10-17-8-7-16(19)9-15(17)12-18(13)11-14-5-3-2-4-6-14;1-2/h2-3,5,7-9,13H,4,6,10-12H2,1H3;1-2H3. The number of hydrogen-bond donors (Lipinski definition) is 0. The van der Waals surface area contributed by atoms with E-state index in [1.165, 1.54) is 12.0 Å². The van der Waals surface area contributed by atoms with Crippen molar-refractivity contribution in [3.05, 3.63) is 58.0 Å². The van der Waals surface area contributed by atoms with Crippen molar-refractivity contribution in [1.29, 1.82) is 0 Å². The molecule has 1 aliphatic heterocycles. The van der Waals surface area contributed by atoms with E-state index < -0.39 is 0 Å². The van der Waals surface area contributed by atoms with Gasteiger partial charge in [-0.2, -0.15) is 0 Å². The smallest absolute Gasteiger partial charge is 0.181 e. The summed E-state index contributed by atoms with van der Waals surface area (Å²) in [7, 11) is 0. The lowest BCUT2D eigenvalue weighted by Gasteiger charge is -2.36. The number of aromatic nitrogens is 1. The number of rotatable bonds is 2. The highest BCUT2D eigenvalue weighted by Gasteiger charge is 2.22. The summed E-state index contributed by atoms with van der Waals surface area (Å²) in [6, 6.07) is 3.94. The molecular weight excluding hydrogens is 260 g/mol. The van der Waals surface area contributed by atoms with Crippen molar-refractivity contribution in [3.63, 3.8) is 0 Å². The van der Waals surface area contributed by atoms with Gasteiger partial charge >= 0.3 is 0 Å². The number of nitrogens with zero attached hydrogens (tertiary/aromatic N) is 2. The molecule has 3 nitrogen and oxygen atoms in total. The van der Waals surface area contributed by atoms with Gasteiger partial charge in [-0.25, -0.2) is 0 Å². The van der Waals surface area contributed by atoms with Crippen LogP contribution < -0.4 is 5.43 Å². The van der Waals surface area contributed by atoms with Crippen molar-refractivity contribution in [2.75, 3.05) is 6.54 Å². The zero-order chi connectivity index (χ0) is 15.2. The van der Waals surface area contributed by atoms with Crippen LogP contribution in [0.25, 0.3) is 0 Å². The van der Waals surface area contributed by atoms with E-state index in [0.29, 0.717) is 6.04 Å². The van der Waals surface area contributed by atoms with Crippen molar-refractivity contribution in [1.82, 2.24) is 9.47 Å². The lowest BCUT2D eigenvalue weighted by atomic mass is 10.0. The second-order valence-corrected chi connectivity index (χ2v) is 5.55. The predicted octanol–water partition coefficient (Wildman–Crippen LogP) is 3.36. The summed E-state index contributed by atoms with van der Waals surface area (Å²) in [6.45, 7) is 9.13. The summed E-state index contributed by atoms with van der Waals surface area (Å²) in [5.74, 6) is 0. The molecule has 3 heteroatoms. The molecule has 1 aromatic rings. The molecule has 2 heterocycles. The molecule has 1 atom stereocenters. The normalized spacial score (nSPS) is 21.1. The summed E-state index contributed by atoms with van der Waals surface area (Å²) in [4.78, 5) is 13.9. The quantitative estimate of drug-likeness (QED) is 0.833. The first-order valence-electron chi connectivity index (χ1n) is 8.00. The molecular formula is C18H26N2O. The third kappa shape index (κ3) is 3.94. The fourth-order valence-corrected chi connectivity index (χ4v) is 2.89. The number of fused-ring (bicyclic) bond motifs is 1. The molecule has 0 saturated carbocycles. The Morgan fingerprint density at radius 3 is 2.86 bits per heavy atom. The molecule has 2 aliphatic rings. The Balaban J connectivity index is 0.000000774. The van der Waals surface area contributed by atoms with Crippen LogP contribution in [0.15, 0.2) is 46.9 Å². The summed E-state index contributed by atoms with van der Waals surface area (Å²) in [5.41, 5.74) is 2.75. The fourth-order valence-electron chi connectivity index (χ4n) is 2.89. The molecule has 1 aliphatic carbocycles. The first-order valence-corrected chi connectivity index (χ1v) is 8.00. The minimum absolute atomic E-state index is 0.112. The van der Waals surface area contributed by atoms with Gasteiger partial charge in [-0.1, -0.05) is 37.6 Å². The summed E-state index contributed by atoms with van der Waals surface area (Å²) >= 11 is 0. The average molecular weight is 286 g/mol. The van der Waals surface area contributed by atoms with Crippen molar-refractivity contribution in [3.8, 4) is 0 Å². The lowest BCUT2D eigenvalue weighted by Crippen LogP contribution is -2.42. The SMILES string of the molecule is CC.CC1Cn2ccc(=O)cc2CN1CC1=CC=CCC1. The number of allylic oxidation sites excluding steroid dienone is 3. The molecule has 0 saturated heterocycles. The molecule has 1 aromatic heterocycles. The van der Waals surface area contributed by atoms with E-state index in [4.69, 9.17) is 0 Å². The first kappa shape index (κ1) is 15.8. The van der Waals surface area contributed by atoms with Crippen LogP contribution in [0.5, 0.6) is 0 Å². The number of pyridine rings is 1. The Morgan fingerprint density at radius 1 is 1.33 bits per heavy atom. The van der Waals surface area contributed by atoms with E-state index in [9.17, 15) is 4.79 Å². The van der Waals surface area contributed by atoms with Crippen LogP contribution in [0.1, 0.15) is 39.3 Å². The van der Waals surface area contributed by atoms with Crippen LogP contribution in [0.3, 0.4) is 0 Å². The van der Waals surface area contributed by atoms with Crippen molar-refractivity contribution in [2.24, 2.45) is 0 Å². The summed E-state index contributed by atoms with van der Waals surface area (Å²) < 4.78 is 2.21. The second-order valence-electron chi connectivity index (χ2n) is 5.55. The van der Waals surface area contributed by atoms with Crippen molar-refractivity contribution in [2.45, 2.75) is 52.7 Å². The Kier molecular flexibility index (Phi) is 5.57. The highest BCUT2D eigenvalue weighted by molar-refractivity contribution is 5.20. The van der Waals surface area contributed by atoms with Gasteiger partial charge in [0.25, 0.3) is 0 Å². The third-order valence-corrected chi connectivity index (χ3v) is 4.05. The Bertz CT molecular complexity index is 583. The molecule has 0 N–H and O–H groups in total. The minimum atomic E-state index is 0.112. The zero-order valence-corrected chi connectivity index (χ0v) is 13.4. The second kappa shape index (κ2) is 7.41. The lowest BCUT2D eigenvalue weighted by molar-refractivity contribution is 0.163. The molecule has 0 spiro atoms. The summed E-state index contributed by atoms with van der Waals surface area (Å²) in [6.07, 6.45) is 10.9. The van der Waals surface area contributed by atoms with Gasteiger partial charge in [0.15, 0.2) is 5.43 Å². The van der Waals surface area contributed by atoms with Crippen LogP contribution in [-0.4, -0.2) is 22.1 Å². The van der Waals surface area contributed by atoms with E-state index in [2.05, 4.69) is 34.6 Å². The van der Waals surface area contributed by atoms with E-state index in [1.807, 2.05) is 20.0 Å². The van der Waals surface area contributed by atoms with E-state index in [1.54, 1.807) is 12.1 Å². The van der Waals surface area contributed by atoms with Gasteiger partial charge in [0.1, 0.15) is 0 Å². The van der Waals surface area contributed by atoms with Gasteiger partial charge in [0, 0.05) is 49.7 Å². The Hall–Kier alpha value is -1.61. The Labute approximate surface area is 127 Å². The van der Waals surface area contributed by atoms with Gasteiger partial charge in [-0.15, -0.1) is 0 Å². The third-order valence-electron chi connectivity index (χ3n) is 4.05. The molecule has 0 bridgehead atoms. The van der Waals surface area contributed by atoms with Crippen LogP contribution in [0.4, 0.5) is 0 Å². The maximum Gasteiger partial charge on any atom is 0.181 e. The van der Waals surface area contributed by atoms with Crippen LogP contribution >= 0.6 is 0 Å². The van der Waals surface area contributed by atoms with Crippen molar-refractivity contribution >= 4 is 0 Å². The van der Waals surface area contributed by atoms with Gasteiger partial charge in [-0.3, -0.25) is 9.69 Å². The fraction of sp³-hybridized carbons (Fsp3) is 0.500. The predicted molar refractivity (Wildman–Crippen MR) is 88.4 cm³/mol. The summed E-state index contributed by atoms with van der Waals surface area (Å²) in [5, 5.41) is 0. The largest absolute Gasteiger partial charge is 0.348 e. The van der Waals surface area contributed by atoms with Crippen LogP contribution in [-0.2, 0) is 13.1 Å². The van der Waals surface area contributed by atoms with E-state index in [0.717, 1.165) is 31.7 Å². The number of hydrogen-bond acceptors (Lipinski definition) is 2. The molecule has 0 amide bonds. The monoisotopic (exact) mass is 286 g/mol. The maximum absolute atomic E-state index is 11.5. The van der Waals surface area contributed by atoms with Crippen LogP contribution in [0, 0.1) is 0 Å². The minimum Gasteiger partial charge on any atom is -0.348 e. The van der Waals surface area contributed by atoms with Crippen molar-refractivity contribution < 1.29 is 0 Å². The van der Waals surface area contributed by atoms with Gasteiger partial charge in [0.2, 0.25) is 0 Å². The average Bonchev–Trinajstić information content (AvgIpc) is 2.51. The molecule has 0 radical (unpaired) electrons. The van der Waals surface area contributed by atoms with Gasteiger partial charge in [-0.05, 0) is 19.8 Å². The first-order chi connectivity index (χ1) is 10.2. The van der Waals surface area contributed by atoms with E-state index in [-0.39, 0.29) is 5.43 Å². The Morgan fingerprint density at radius 2 is 2.14 bits per heavy atom. The van der Waals surface area contributed by atoms with Gasteiger partial charge in [0.05, 0.1) is 0 Å². The van der Waals surface area contributed by atoms with Crippen LogP contribution in [0.2, 0.25) is 0 Å². The molecule has 3 rings (SSSR count). The zero-order valence-electron chi connectivity index (χ0n) is 13.4. The molecule has 0 fully saturated rings. The maximum atomic E-state index is 11.5. The molecule has 0 aromatic carbocycles. The van der Waals surface area contributed by atoms with E-state index >= 15 is 0 Å². The highest BCUT2D eigenvalue weighted by atomic mass is 16.1. The highest BCUT2D eigenvalue weighted by Crippen LogP contribution is 2.20. The topological polar surface area (TPSA) is 25.2 Å². The molecule has 1 unspecified atom stereocenters. The van der Waals surface area contributed by atoms with Gasteiger partial charge < -0.3 is 4.57 Å². The molecule has 114 valence electrons. The molecule has 21 heavy (non-hydrogen) atoms.